The van der Waals surface area contributed by atoms with Gasteiger partial charge >= 0.3 is 0 Å². The summed E-state index contributed by atoms with van der Waals surface area (Å²) in [6.45, 7) is 1.06. The predicted octanol–water partition coefficient (Wildman–Crippen LogP) is 1.93. The van der Waals surface area contributed by atoms with E-state index in [4.69, 9.17) is 0 Å². The van der Waals surface area contributed by atoms with Gasteiger partial charge in [-0.2, -0.15) is 0 Å². The zero-order chi connectivity index (χ0) is 8.39. The van der Waals surface area contributed by atoms with Crippen LogP contribution in [0.1, 0.15) is 12.0 Å². The Morgan fingerprint density at radius 2 is 2.42 bits per heavy atom. The van der Waals surface area contributed by atoms with Crippen molar-refractivity contribution in [2.24, 2.45) is 0 Å². The molecule has 0 saturated carbocycles. The highest BCUT2D eigenvalue weighted by Gasteiger charge is 2.07. The lowest BCUT2D eigenvalue weighted by molar-refractivity contribution is 0.887. The fourth-order valence-corrected chi connectivity index (χ4v) is 1.44. The molecule has 2 nitrogen and oxygen atoms in total. The lowest BCUT2D eigenvalue weighted by atomic mass is 10.2. The van der Waals surface area contributed by atoms with Crippen molar-refractivity contribution in [2.45, 2.75) is 6.42 Å². The van der Waals surface area contributed by atoms with Gasteiger partial charge < -0.3 is 4.90 Å². The third kappa shape index (κ3) is 1.20. The van der Waals surface area contributed by atoms with Gasteiger partial charge in [0.05, 0.1) is 0 Å². The van der Waals surface area contributed by atoms with E-state index in [-0.39, 0.29) is 0 Å². The van der Waals surface area contributed by atoms with Gasteiger partial charge in [-0.1, -0.05) is 12.2 Å². The topological polar surface area (TPSA) is 16.1 Å². The Balaban J connectivity index is 2.49. The first-order valence-corrected chi connectivity index (χ1v) is 4.20. The molecule has 0 spiro atoms. The molecular weight excluding hydrogens is 148 g/mol. The Kier molecular flexibility index (Phi) is 1.82. The second kappa shape index (κ2) is 2.97. The molecule has 12 heavy (non-hydrogen) atoms. The molecule has 0 aliphatic carbocycles. The second-order valence-corrected chi connectivity index (χ2v) is 3.03. The average molecular weight is 160 g/mol. The summed E-state index contributed by atoms with van der Waals surface area (Å²) in [5, 5.41) is 0. The maximum Gasteiger partial charge on any atom is 0.135 e. The number of hydrogen-bond acceptors (Lipinski definition) is 2. The van der Waals surface area contributed by atoms with Gasteiger partial charge in [0.25, 0.3) is 0 Å². The highest BCUT2D eigenvalue weighted by molar-refractivity contribution is 5.64. The third-order valence-corrected chi connectivity index (χ3v) is 2.11. The molecule has 1 aromatic rings. The molecule has 0 bridgehead atoms. The molecule has 1 aromatic heterocycles. The van der Waals surface area contributed by atoms with E-state index in [9.17, 15) is 0 Å². The molecule has 0 radical (unpaired) electrons. The van der Waals surface area contributed by atoms with Crippen LogP contribution in [0.3, 0.4) is 0 Å². The van der Waals surface area contributed by atoms with Crippen LogP contribution in [0.15, 0.2) is 24.4 Å². The van der Waals surface area contributed by atoms with Crippen molar-refractivity contribution < 1.29 is 0 Å². The van der Waals surface area contributed by atoms with Gasteiger partial charge in [0.1, 0.15) is 5.82 Å². The van der Waals surface area contributed by atoms with Gasteiger partial charge in [-0.3, -0.25) is 0 Å². The fourth-order valence-electron chi connectivity index (χ4n) is 1.44. The highest BCUT2D eigenvalue weighted by Crippen LogP contribution is 2.20. The second-order valence-electron chi connectivity index (χ2n) is 3.03. The summed E-state index contributed by atoms with van der Waals surface area (Å²) in [6.07, 6.45) is 7.29. The van der Waals surface area contributed by atoms with E-state index in [0.717, 1.165) is 18.8 Å². The maximum atomic E-state index is 4.33. The van der Waals surface area contributed by atoms with Gasteiger partial charge in [-0.05, 0) is 18.6 Å². The van der Waals surface area contributed by atoms with Gasteiger partial charge in [-0.25, -0.2) is 4.98 Å². The van der Waals surface area contributed by atoms with Crippen molar-refractivity contribution >= 4 is 11.9 Å². The largest absolute Gasteiger partial charge is 0.359 e. The van der Waals surface area contributed by atoms with Crippen LogP contribution >= 0.6 is 0 Å². The molecule has 0 saturated heterocycles. The van der Waals surface area contributed by atoms with Gasteiger partial charge in [-0.15, -0.1) is 0 Å². The van der Waals surface area contributed by atoms with Crippen molar-refractivity contribution in [3.8, 4) is 0 Å². The van der Waals surface area contributed by atoms with E-state index in [1.165, 1.54) is 5.56 Å². The molecule has 2 heteroatoms. The summed E-state index contributed by atoms with van der Waals surface area (Å²) in [7, 11) is 2.08. The Labute approximate surface area is 72.5 Å². The minimum Gasteiger partial charge on any atom is -0.359 e. The van der Waals surface area contributed by atoms with Crippen LogP contribution in [-0.4, -0.2) is 18.6 Å². The number of nitrogens with zero attached hydrogens (tertiary/aromatic N) is 2. The SMILES string of the molecule is CN1CCC=Cc2cccnc21. The molecule has 2 heterocycles. The first-order chi connectivity index (χ1) is 5.88. The zero-order valence-corrected chi connectivity index (χ0v) is 7.20. The summed E-state index contributed by atoms with van der Waals surface area (Å²) in [5.41, 5.74) is 1.22. The van der Waals surface area contributed by atoms with E-state index in [1.54, 1.807) is 0 Å². The fraction of sp³-hybridized carbons (Fsp3) is 0.300. The van der Waals surface area contributed by atoms with Crippen molar-refractivity contribution in [2.75, 3.05) is 18.5 Å². The Bertz CT molecular complexity index is 304. The van der Waals surface area contributed by atoms with Crippen molar-refractivity contribution in [1.29, 1.82) is 0 Å². The third-order valence-electron chi connectivity index (χ3n) is 2.11. The van der Waals surface area contributed by atoms with E-state index in [1.807, 2.05) is 12.3 Å². The average Bonchev–Trinajstić information content (AvgIpc) is 2.29. The molecule has 0 atom stereocenters. The van der Waals surface area contributed by atoms with E-state index >= 15 is 0 Å². The Morgan fingerprint density at radius 3 is 3.33 bits per heavy atom. The number of anilines is 1. The molecule has 2 rings (SSSR count). The van der Waals surface area contributed by atoms with E-state index in [0.29, 0.717) is 0 Å². The van der Waals surface area contributed by atoms with E-state index < -0.39 is 0 Å². The molecule has 0 fully saturated rings. The van der Waals surface area contributed by atoms with Crippen LogP contribution in [0, 0.1) is 0 Å². The summed E-state index contributed by atoms with van der Waals surface area (Å²) in [4.78, 5) is 6.52. The first kappa shape index (κ1) is 7.35. The van der Waals surface area contributed by atoms with Gasteiger partial charge in [0.2, 0.25) is 0 Å². The van der Waals surface area contributed by atoms with Gasteiger partial charge in [0, 0.05) is 25.4 Å². The molecule has 1 aliphatic rings. The first-order valence-electron chi connectivity index (χ1n) is 4.20. The normalized spacial score (nSPS) is 15.6. The number of pyridine rings is 1. The molecule has 1 aliphatic heterocycles. The smallest absolute Gasteiger partial charge is 0.135 e. The Hall–Kier alpha value is -1.31. The van der Waals surface area contributed by atoms with Crippen LogP contribution in [-0.2, 0) is 0 Å². The number of aromatic nitrogens is 1. The Morgan fingerprint density at radius 1 is 1.50 bits per heavy atom. The molecule has 62 valence electrons. The van der Waals surface area contributed by atoms with E-state index in [2.05, 4.69) is 35.1 Å². The van der Waals surface area contributed by atoms with Crippen LogP contribution < -0.4 is 4.90 Å². The molecule has 0 aromatic carbocycles. The molecule has 0 N–H and O–H groups in total. The predicted molar refractivity (Wildman–Crippen MR) is 51.2 cm³/mol. The summed E-state index contributed by atoms with van der Waals surface area (Å²) >= 11 is 0. The molecule has 0 unspecified atom stereocenters. The lowest BCUT2D eigenvalue weighted by Crippen LogP contribution is -2.18. The maximum absolute atomic E-state index is 4.33. The van der Waals surface area contributed by atoms with Crippen molar-refractivity contribution in [1.82, 2.24) is 4.98 Å². The van der Waals surface area contributed by atoms with Crippen LogP contribution in [0.25, 0.3) is 6.08 Å². The minimum atomic E-state index is 1.06. The minimum absolute atomic E-state index is 1.06. The standard InChI is InChI=1S/C10H12N2/c1-12-8-3-2-5-9-6-4-7-11-10(9)12/h2,4-7H,3,8H2,1H3. The zero-order valence-electron chi connectivity index (χ0n) is 7.20. The summed E-state index contributed by atoms with van der Waals surface area (Å²) < 4.78 is 0. The number of rotatable bonds is 0. The summed E-state index contributed by atoms with van der Waals surface area (Å²) in [5.74, 6) is 1.09. The van der Waals surface area contributed by atoms with Gasteiger partial charge in [0.15, 0.2) is 0 Å². The number of hydrogen-bond donors (Lipinski definition) is 0. The molecule has 0 amide bonds. The van der Waals surface area contributed by atoms with Crippen LogP contribution in [0.2, 0.25) is 0 Å². The van der Waals surface area contributed by atoms with Crippen molar-refractivity contribution in [3.05, 3.63) is 30.0 Å². The van der Waals surface area contributed by atoms with Crippen LogP contribution in [0.5, 0.6) is 0 Å². The van der Waals surface area contributed by atoms with Crippen LogP contribution in [0.4, 0.5) is 5.82 Å². The number of fused-ring (bicyclic) bond motifs is 1. The lowest BCUT2D eigenvalue weighted by Gasteiger charge is -2.16. The summed E-state index contributed by atoms with van der Waals surface area (Å²) in [6, 6.07) is 4.07. The monoisotopic (exact) mass is 160 g/mol. The molecular formula is C10H12N2. The van der Waals surface area contributed by atoms with Crippen molar-refractivity contribution in [3.63, 3.8) is 0 Å². The quantitative estimate of drug-likeness (QED) is 0.576. The highest BCUT2D eigenvalue weighted by atomic mass is 15.2.